The number of nitrogens with one attached hydrogen (secondary N) is 6. The molecule has 0 bridgehead atoms. The van der Waals surface area contributed by atoms with Gasteiger partial charge in [0, 0.05) is 38.9 Å². The Morgan fingerprint density at radius 1 is 0.494 bits per heavy atom. The van der Waals surface area contributed by atoms with E-state index in [2.05, 4.69) is 36.9 Å². The van der Waals surface area contributed by atoms with E-state index in [0.717, 1.165) is 11.1 Å². The van der Waals surface area contributed by atoms with Crippen LogP contribution in [0, 0.1) is 0 Å². The van der Waals surface area contributed by atoms with Gasteiger partial charge < -0.3 is 58.9 Å². The number of rotatable bonds is 13. The van der Waals surface area contributed by atoms with E-state index in [1.807, 2.05) is 42.5 Å². The van der Waals surface area contributed by atoms with Gasteiger partial charge in [0.25, 0.3) is 0 Å². The van der Waals surface area contributed by atoms with Crippen molar-refractivity contribution in [2.45, 2.75) is 119 Å². The molecule has 0 aromatic heterocycles. The molecule has 3 fully saturated rings. The minimum Gasteiger partial charge on any atom is -0.370 e. The molecular weight excluding hydrogens is 985 g/mol. The van der Waals surface area contributed by atoms with E-state index in [0.29, 0.717) is 29.5 Å². The first kappa shape index (κ1) is 56.1. The molecule has 9 amide bonds. The number of hydrogen-bond donors (Lipinski definition) is 9. The van der Waals surface area contributed by atoms with Crippen LogP contribution in [0.25, 0.3) is 11.1 Å². The third kappa shape index (κ3) is 15.5. The van der Waals surface area contributed by atoms with E-state index < -0.39 is 108 Å². The van der Waals surface area contributed by atoms with Crippen molar-refractivity contribution >= 4 is 59.1 Å². The maximum absolute atomic E-state index is 14.8. The number of carbonyl (C=O) groups excluding carboxylic acids is 9. The fourth-order valence-corrected chi connectivity index (χ4v) is 9.94. The smallest absolute Gasteiger partial charge is 0.246 e. The predicted molar refractivity (Wildman–Crippen MR) is 286 cm³/mol. The number of primary amides is 1. The molecule has 0 spiro atoms. The van der Waals surface area contributed by atoms with Gasteiger partial charge in [-0.3, -0.25) is 48.1 Å². The summed E-state index contributed by atoms with van der Waals surface area (Å²) in [6.45, 7) is 1.83. The molecule has 3 heterocycles. The van der Waals surface area contributed by atoms with Crippen LogP contribution in [0.15, 0.2) is 120 Å². The average Bonchev–Trinajstić information content (AvgIpc) is 4.15. The predicted octanol–water partition coefficient (Wildman–Crippen LogP) is 0.235. The fraction of sp³-hybridized carbons (Fsp3) is 0.393. The molecule has 7 rings (SSSR count). The van der Waals surface area contributed by atoms with E-state index >= 15 is 0 Å². The van der Waals surface area contributed by atoms with Gasteiger partial charge in [-0.05, 0) is 73.3 Å². The van der Waals surface area contributed by atoms with Gasteiger partial charge in [0.1, 0.15) is 48.3 Å². The Morgan fingerprint density at radius 2 is 0.935 bits per heavy atom. The lowest BCUT2D eigenvalue weighted by Crippen LogP contribution is -2.61. The van der Waals surface area contributed by atoms with Crippen LogP contribution in [-0.2, 0) is 62.4 Å². The second-order valence-electron chi connectivity index (χ2n) is 19.7. The number of carbonyl (C=O) groups is 9. The van der Waals surface area contributed by atoms with Crippen molar-refractivity contribution < 1.29 is 43.2 Å². The summed E-state index contributed by atoms with van der Waals surface area (Å²) < 4.78 is 0. The first-order chi connectivity index (χ1) is 37.0. The van der Waals surface area contributed by atoms with Crippen LogP contribution < -0.4 is 49.1 Å². The summed E-state index contributed by atoms with van der Waals surface area (Å²) in [7, 11) is 0. The Labute approximate surface area is 446 Å². The van der Waals surface area contributed by atoms with Crippen LogP contribution in [0.5, 0.6) is 0 Å². The fourth-order valence-electron chi connectivity index (χ4n) is 9.94. The number of hydrogen-bond acceptors (Lipinski definition) is 10. The molecular formula is C56H68N12O9. The summed E-state index contributed by atoms with van der Waals surface area (Å²) in [4.78, 5) is 136. The molecule has 77 heavy (non-hydrogen) atoms. The van der Waals surface area contributed by atoms with Crippen molar-refractivity contribution in [1.82, 2.24) is 41.7 Å². The molecule has 4 aromatic carbocycles. The van der Waals surface area contributed by atoms with Crippen LogP contribution in [0.2, 0.25) is 0 Å². The summed E-state index contributed by atoms with van der Waals surface area (Å²) in [5, 5.41) is 16.3. The highest BCUT2D eigenvalue weighted by Crippen LogP contribution is 2.27. The van der Waals surface area contributed by atoms with E-state index in [4.69, 9.17) is 17.2 Å². The molecule has 21 nitrogen and oxygen atoms in total. The van der Waals surface area contributed by atoms with E-state index in [1.165, 1.54) is 16.7 Å². The van der Waals surface area contributed by atoms with Crippen molar-refractivity contribution in [2.75, 3.05) is 19.6 Å². The molecule has 4 aromatic rings. The third-order valence-electron chi connectivity index (χ3n) is 14.0. The molecule has 0 aliphatic carbocycles. The number of fused-ring (bicyclic) bond motifs is 2. The zero-order valence-corrected chi connectivity index (χ0v) is 43.0. The first-order valence-corrected chi connectivity index (χ1v) is 26.0. The van der Waals surface area contributed by atoms with E-state index in [-0.39, 0.29) is 70.5 Å². The molecule has 0 unspecified atom stereocenters. The Kier molecular flexibility index (Phi) is 19.5. The van der Waals surface area contributed by atoms with Gasteiger partial charge in [-0.15, -0.1) is 0 Å². The maximum atomic E-state index is 14.8. The Morgan fingerprint density at radius 3 is 1.49 bits per heavy atom. The third-order valence-corrected chi connectivity index (χ3v) is 14.0. The summed E-state index contributed by atoms with van der Waals surface area (Å²) in [5.41, 5.74) is 20.6. The molecule has 8 atom stereocenters. The van der Waals surface area contributed by atoms with Gasteiger partial charge in [-0.1, -0.05) is 115 Å². The van der Waals surface area contributed by atoms with Crippen molar-refractivity contribution in [3.8, 4) is 11.1 Å². The number of benzene rings is 4. The largest absolute Gasteiger partial charge is 0.370 e. The van der Waals surface area contributed by atoms with Crippen molar-refractivity contribution in [2.24, 2.45) is 22.2 Å². The molecule has 0 saturated carbocycles. The molecule has 406 valence electrons. The molecule has 12 N–H and O–H groups in total. The highest BCUT2D eigenvalue weighted by molar-refractivity contribution is 6.00. The minimum atomic E-state index is -1.65. The summed E-state index contributed by atoms with van der Waals surface area (Å²) in [6, 6.07) is 24.2. The van der Waals surface area contributed by atoms with Crippen LogP contribution >= 0.6 is 0 Å². The quantitative estimate of drug-likeness (QED) is 0.0496. The Balaban J connectivity index is 1.27. The number of amides is 9. The number of aliphatic imine (C=N–C) groups is 1. The second kappa shape index (κ2) is 26.7. The lowest BCUT2D eigenvalue weighted by Gasteiger charge is -2.33. The van der Waals surface area contributed by atoms with Crippen LogP contribution in [0.3, 0.4) is 0 Å². The molecule has 0 radical (unpaired) electrons. The van der Waals surface area contributed by atoms with Crippen molar-refractivity contribution in [3.63, 3.8) is 0 Å². The highest BCUT2D eigenvalue weighted by Gasteiger charge is 2.45. The lowest BCUT2D eigenvalue weighted by molar-refractivity contribution is -0.148. The highest BCUT2D eigenvalue weighted by atomic mass is 16.2. The summed E-state index contributed by atoms with van der Waals surface area (Å²) in [6.07, 6.45) is 0.733. The molecule has 21 heteroatoms. The molecule has 3 aliphatic heterocycles. The van der Waals surface area contributed by atoms with Gasteiger partial charge >= 0.3 is 0 Å². The zero-order chi connectivity index (χ0) is 55.0. The summed E-state index contributed by atoms with van der Waals surface area (Å²) >= 11 is 0. The van der Waals surface area contributed by atoms with E-state index in [1.54, 1.807) is 72.8 Å². The SMILES string of the molecule is C[C@@H]1NC(=O)[C@H](CC(N)=O)NC(=O)[C@H](Cc2ccccc2)NC(=O)[C@H](Cc2ccc(-c3ccccc3)cc2)NC(=O)[C@H](CCCN=C(N)N)NC(=O)[C@@H]2CCCN2C(=O)[C@H]2CCCN2C(=O)[C@H](Cc2ccccc2)NC1=O. The van der Waals surface area contributed by atoms with Gasteiger partial charge in [-0.25, -0.2) is 0 Å². The normalized spacial score (nSPS) is 24.2. The number of guanidine groups is 1. The number of nitrogens with two attached hydrogens (primary N) is 3. The van der Waals surface area contributed by atoms with Gasteiger partial charge in [0.15, 0.2) is 5.96 Å². The minimum absolute atomic E-state index is 0.00443. The topological polar surface area (TPSA) is 323 Å². The second-order valence-corrected chi connectivity index (χ2v) is 19.7. The van der Waals surface area contributed by atoms with Gasteiger partial charge in [0.2, 0.25) is 53.2 Å². The maximum Gasteiger partial charge on any atom is 0.246 e. The van der Waals surface area contributed by atoms with Crippen LogP contribution in [-0.4, -0.2) is 137 Å². The zero-order valence-electron chi connectivity index (χ0n) is 43.0. The van der Waals surface area contributed by atoms with E-state index in [9.17, 15) is 43.2 Å². The monoisotopic (exact) mass is 1050 g/mol. The Bertz CT molecular complexity index is 2780. The van der Waals surface area contributed by atoms with Gasteiger partial charge in [0.05, 0.1) is 6.42 Å². The number of nitrogens with zero attached hydrogens (tertiary/aromatic N) is 3. The van der Waals surface area contributed by atoms with Crippen LogP contribution in [0.4, 0.5) is 0 Å². The van der Waals surface area contributed by atoms with Gasteiger partial charge in [-0.2, -0.15) is 0 Å². The van der Waals surface area contributed by atoms with Crippen LogP contribution in [0.1, 0.15) is 68.6 Å². The average molecular weight is 1050 g/mol. The lowest BCUT2D eigenvalue weighted by atomic mass is 9.99. The standard InChI is InChI=1S/C56H68N12O9/c1-34-48(70)66-44(32-36-16-7-3-8-17-36)54(76)68-29-13-22-46(68)55(77)67-28-12-21-45(67)53(75)62-40(20-11-27-60-56(58)59)49(71)63-42(31-37-23-25-39(26-24-37)38-18-9-4-10-19-38)51(73)64-41(30-35-14-5-2-6-15-35)52(74)65-43(33-47(57)69)50(72)61-34/h2-10,14-19,23-26,34,40-46H,11-13,20-22,27-33H2,1H3,(H2,57,69)(H,61,72)(H,62,75)(H,63,71)(H,64,73)(H,65,74)(H,66,70)(H4,58,59,60)/t34-,40-,41-,42-,43-,44-,45-,46+/m0/s1. The molecule has 3 aliphatic rings. The first-order valence-electron chi connectivity index (χ1n) is 26.0. The summed E-state index contributed by atoms with van der Waals surface area (Å²) in [5.74, 6) is -7.02. The Hall–Kier alpha value is -8.62. The van der Waals surface area contributed by atoms with Crippen molar-refractivity contribution in [3.05, 3.63) is 132 Å². The van der Waals surface area contributed by atoms with Crippen molar-refractivity contribution in [1.29, 1.82) is 0 Å². The molecule has 3 saturated heterocycles.